The SMILES string of the molecule is Cc1c(NC(=O)[C@@H](COCc2ccccc2)NC(=O)C(C)(C)NC(=O)OC(C)(C)C)ncn1C(C(=O)O)c1ccccc1. The fourth-order valence-electron chi connectivity index (χ4n) is 4.07. The highest BCUT2D eigenvalue weighted by atomic mass is 16.6. The van der Waals surface area contributed by atoms with E-state index in [2.05, 4.69) is 20.9 Å². The van der Waals surface area contributed by atoms with Crippen LogP contribution in [0.2, 0.25) is 0 Å². The van der Waals surface area contributed by atoms with Gasteiger partial charge in [0.2, 0.25) is 5.91 Å². The number of alkyl carbamates (subject to hydrolysis) is 1. The van der Waals surface area contributed by atoms with E-state index in [4.69, 9.17) is 9.47 Å². The Morgan fingerprint density at radius 2 is 1.56 bits per heavy atom. The molecule has 4 N–H and O–H groups in total. The van der Waals surface area contributed by atoms with Crippen LogP contribution < -0.4 is 16.0 Å². The van der Waals surface area contributed by atoms with Crippen molar-refractivity contribution in [3.63, 3.8) is 0 Å². The van der Waals surface area contributed by atoms with E-state index in [1.54, 1.807) is 58.0 Å². The van der Waals surface area contributed by atoms with Crippen molar-refractivity contribution in [2.24, 2.45) is 0 Å². The molecule has 0 bridgehead atoms. The fourth-order valence-corrected chi connectivity index (χ4v) is 4.07. The minimum atomic E-state index is -1.44. The van der Waals surface area contributed by atoms with E-state index in [0.29, 0.717) is 11.3 Å². The summed E-state index contributed by atoms with van der Waals surface area (Å²) >= 11 is 0. The van der Waals surface area contributed by atoms with E-state index in [-0.39, 0.29) is 19.0 Å². The van der Waals surface area contributed by atoms with Crippen molar-refractivity contribution < 1.29 is 33.8 Å². The van der Waals surface area contributed by atoms with Gasteiger partial charge in [-0.3, -0.25) is 9.59 Å². The number of benzene rings is 2. The molecular formula is C31H39N5O7. The average molecular weight is 594 g/mol. The van der Waals surface area contributed by atoms with E-state index < -0.39 is 47.1 Å². The molecule has 0 saturated carbocycles. The first-order chi connectivity index (χ1) is 20.2. The summed E-state index contributed by atoms with van der Waals surface area (Å²) in [6.45, 7) is 9.68. The van der Waals surface area contributed by atoms with Gasteiger partial charge < -0.3 is 35.1 Å². The molecule has 12 nitrogen and oxygen atoms in total. The van der Waals surface area contributed by atoms with Crippen LogP contribution in [-0.2, 0) is 30.5 Å². The Morgan fingerprint density at radius 1 is 0.953 bits per heavy atom. The summed E-state index contributed by atoms with van der Waals surface area (Å²) in [6.07, 6.45) is 0.547. The molecule has 0 aliphatic rings. The fraction of sp³-hybridized carbons (Fsp3) is 0.387. The molecule has 43 heavy (non-hydrogen) atoms. The second-order valence-corrected chi connectivity index (χ2v) is 11.5. The Balaban J connectivity index is 1.79. The first-order valence-electron chi connectivity index (χ1n) is 13.7. The number of hydrogen-bond acceptors (Lipinski definition) is 7. The number of nitrogens with zero attached hydrogens (tertiary/aromatic N) is 2. The summed E-state index contributed by atoms with van der Waals surface area (Å²) in [5.74, 6) is -2.27. The van der Waals surface area contributed by atoms with Gasteiger partial charge in [-0.1, -0.05) is 60.7 Å². The largest absolute Gasteiger partial charge is 0.479 e. The summed E-state index contributed by atoms with van der Waals surface area (Å²) < 4.78 is 12.5. The van der Waals surface area contributed by atoms with E-state index in [1.165, 1.54) is 24.7 Å². The third kappa shape index (κ3) is 9.40. The van der Waals surface area contributed by atoms with Crippen molar-refractivity contribution >= 4 is 29.7 Å². The van der Waals surface area contributed by atoms with Gasteiger partial charge in [-0.15, -0.1) is 0 Å². The van der Waals surface area contributed by atoms with Gasteiger partial charge in [0.05, 0.1) is 25.2 Å². The molecule has 1 unspecified atom stereocenters. The zero-order valence-corrected chi connectivity index (χ0v) is 25.2. The molecule has 3 amide bonds. The summed E-state index contributed by atoms with van der Waals surface area (Å²) in [5.41, 5.74) is -0.414. The van der Waals surface area contributed by atoms with Crippen LogP contribution in [0.5, 0.6) is 0 Å². The molecule has 0 aliphatic carbocycles. The molecule has 1 aromatic heterocycles. The van der Waals surface area contributed by atoms with Crippen LogP contribution in [0.15, 0.2) is 67.0 Å². The zero-order valence-electron chi connectivity index (χ0n) is 25.2. The topological polar surface area (TPSA) is 161 Å². The number of imidazole rings is 1. The number of amides is 3. The zero-order chi connectivity index (χ0) is 31.8. The number of carbonyl (C=O) groups is 4. The second-order valence-electron chi connectivity index (χ2n) is 11.5. The monoisotopic (exact) mass is 593 g/mol. The number of carboxylic acid groups (broad SMARTS) is 1. The summed E-state index contributed by atoms with van der Waals surface area (Å²) in [4.78, 5) is 55.5. The van der Waals surface area contributed by atoms with Gasteiger partial charge in [-0.2, -0.15) is 0 Å². The lowest BCUT2D eigenvalue weighted by atomic mass is 10.0. The third-order valence-corrected chi connectivity index (χ3v) is 6.31. The van der Waals surface area contributed by atoms with E-state index >= 15 is 0 Å². The van der Waals surface area contributed by atoms with Crippen molar-refractivity contribution in [3.05, 3.63) is 83.8 Å². The Labute approximate surface area is 250 Å². The Kier molecular flexibility index (Phi) is 10.7. The quantitative estimate of drug-likeness (QED) is 0.247. The molecule has 0 spiro atoms. The van der Waals surface area contributed by atoms with E-state index in [0.717, 1.165) is 5.56 Å². The molecule has 2 atom stereocenters. The lowest BCUT2D eigenvalue weighted by Gasteiger charge is -2.29. The molecule has 0 aliphatic heterocycles. The van der Waals surface area contributed by atoms with Gasteiger partial charge in [-0.05, 0) is 52.7 Å². The van der Waals surface area contributed by atoms with Crippen LogP contribution in [0.25, 0.3) is 0 Å². The molecule has 0 radical (unpaired) electrons. The maximum atomic E-state index is 13.5. The van der Waals surface area contributed by atoms with Crippen molar-refractivity contribution in [1.82, 2.24) is 20.2 Å². The number of aromatic nitrogens is 2. The van der Waals surface area contributed by atoms with E-state index in [9.17, 15) is 24.3 Å². The number of ether oxygens (including phenoxy) is 2. The van der Waals surface area contributed by atoms with Crippen molar-refractivity contribution in [2.75, 3.05) is 11.9 Å². The molecule has 230 valence electrons. The minimum Gasteiger partial charge on any atom is -0.479 e. The standard InChI is InChI=1S/C31H39N5O7/c1-20-25(32-19-36(20)24(27(38)39)22-15-11-8-12-16-22)34-26(37)23(18-42-17-21-13-9-7-10-14-21)33-28(40)31(5,6)35-29(41)43-30(2,3)4/h7-16,19,23-24H,17-18H2,1-6H3,(H,33,40)(H,34,37)(H,35,41)(H,38,39)/t23-,24?/m1/s1. The van der Waals surface area contributed by atoms with Crippen molar-refractivity contribution in [1.29, 1.82) is 0 Å². The van der Waals surface area contributed by atoms with Gasteiger partial charge in [0, 0.05) is 0 Å². The molecule has 2 aromatic carbocycles. The third-order valence-electron chi connectivity index (χ3n) is 6.31. The minimum absolute atomic E-state index is 0.126. The first kappa shape index (κ1) is 32.8. The average Bonchev–Trinajstić information content (AvgIpc) is 3.26. The maximum absolute atomic E-state index is 13.5. The molecule has 3 rings (SSSR count). The van der Waals surface area contributed by atoms with Crippen LogP contribution in [-0.4, -0.2) is 62.3 Å². The predicted octanol–water partition coefficient (Wildman–Crippen LogP) is 3.81. The summed E-state index contributed by atoms with van der Waals surface area (Å²) in [6, 6.07) is 15.7. The highest BCUT2D eigenvalue weighted by Gasteiger charge is 2.35. The smallest absolute Gasteiger partial charge is 0.408 e. The Hall–Kier alpha value is -4.71. The van der Waals surface area contributed by atoms with Gasteiger partial charge in [0.1, 0.15) is 17.2 Å². The molecular weight excluding hydrogens is 554 g/mol. The van der Waals surface area contributed by atoms with Gasteiger partial charge in [-0.25, -0.2) is 14.6 Å². The normalized spacial score (nSPS) is 13.0. The van der Waals surface area contributed by atoms with E-state index in [1.807, 2.05) is 30.3 Å². The summed E-state index contributed by atoms with van der Waals surface area (Å²) in [5, 5.41) is 17.8. The van der Waals surface area contributed by atoms with Crippen molar-refractivity contribution in [3.8, 4) is 0 Å². The Morgan fingerprint density at radius 3 is 2.14 bits per heavy atom. The lowest BCUT2D eigenvalue weighted by Crippen LogP contribution is -2.59. The van der Waals surface area contributed by atoms with Gasteiger partial charge in [0.15, 0.2) is 11.9 Å². The molecule has 1 heterocycles. The highest BCUT2D eigenvalue weighted by molar-refractivity contribution is 5.99. The van der Waals surface area contributed by atoms with Crippen LogP contribution in [0.1, 0.15) is 57.5 Å². The molecule has 12 heteroatoms. The van der Waals surface area contributed by atoms with Crippen LogP contribution >= 0.6 is 0 Å². The number of anilines is 1. The van der Waals surface area contributed by atoms with Crippen LogP contribution in [0.4, 0.5) is 10.6 Å². The predicted molar refractivity (Wildman–Crippen MR) is 159 cm³/mol. The second kappa shape index (κ2) is 14.0. The lowest BCUT2D eigenvalue weighted by molar-refractivity contribution is -0.139. The number of carbonyl (C=O) groups excluding carboxylic acids is 3. The number of rotatable bonds is 12. The van der Waals surface area contributed by atoms with Crippen LogP contribution in [0, 0.1) is 6.92 Å². The number of hydrogen-bond donors (Lipinski definition) is 4. The summed E-state index contributed by atoms with van der Waals surface area (Å²) in [7, 11) is 0. The molecule has 0 saturated heterocycles. The molecule has 3 aromatic rings. The number of nitrogens with one attached hydrogen (secondary N) is 3. The van der Waals surface area contributed by atoms with Gasteiger partial charge in [0.25, 0.3) is 5.91 Å². The highest BCUT2D eigenvalue weighted by Crippen LogP contribution is 2.24. The maximum Gasteiger partial charge on any atom is 0.408 e. The van der Waals surface area contributed by atoms with Crippen LogP contribution in [0.3, 0.4) is 0 Å². The van der Waals surface area contributed by atoms with Crippen molar-refractivity contribution in [2.45, 2.75) is 71.4 Å². The van der Waals surface area contributed by atoms with Gasteiger partial charge >= 0.3 is 12.1 Å². The number of aliphatic carboxylic acids is 1. The number of carboxylic acids is 1. The molecule has 0 fully saturated rings. The first-order valence-corrected chi connectivity index (χ1v) is 13.7. The Bertz CT molecular complexity index is 1420.